The van der Waals surface area contributed by atoms with Crippen LogP contribution in [0.2, 0.25) is 0 Å². The molecule has 126 valence electrons. The van der Waals surface area contributed by atoms with Crippen LogP contribution in [0.4, 0.5) is 0 Å². The van der Waals surface area contributed by atoms with E-state index in [1.807, 2.05) is 0 Å². The highest BCUT2D eigenvalue weighted by Gasteiger charge is 2.16. The number of benzene rings is 1. The summed E-state index contributed by atoms with van der Waals surface area (Å²) in [4.78, 5) is 23.9. The predicted molar refractivity (Wildman–Crippen MR) is 83.9 cm³/mol. The van der Waals surface area contributed by atoms with Gasteiger partial charge in [0.1, 0.15) is 11.5 Å². The second-order valence-electron chi connectivity index (χ2n) is 5.22. The topological polar surface area (TPSA) is 85.9 Å². The summed E-state index contributed by atoms with van der Waals surface area (Å²) in [5, 5.41) is 5.32. The molecule has 1 atom stereocenters. The number of rotatable bonds is 7. The molecular formula is C16H22N2O5. The van der Waals surface area contributed by atoms with Gasteiger partial charge in [-0.1, -0.05) is 0 Å². The predicted octanol–water partition coefficient (Wildman–Crippen LogP) is 0.729. The summed E-state index contributed by atoms with van der Waals surface area (Å²) in [7, 11) is 3.02. The van der Waals surface area contributed by atoms with Crippen molar-refractivity contribution < 1.29 is 23.8 Å². The Morgan fingerprint density at radius 3 is 2.43 bits per heavy atom. The van der Waals surface area contributed by atoms with E-state index in [9.17, 15) is 9.59 Å². The molecule has 2 rings (SSSR count). The maximum Gasteiger partial charge on any atom is 0.251 e. The first-order valence-corrected chi connectivity index (χ1v) is 7.52. The van der Waals surface area contributed by atoms with Crippen LogP contribution >= 0.6 is 0 Å². The van der Waals surface area contributed by atoms with Gasteiger partial charge in [-0.25, -0.2) is 0 Å². The molecule has 1 fully saturated rings. The molecule has 0 spiro atoms. The molecule has 0 saturated carbocycles. The summed E-state index contributed by atoms with van der Waals surface area (Å²) in [6, 6.07) is 4.84. The van der Waals surface area contributed by atoms with Crippen molar-refractivity contribution in [1.29, 1.82) is 0 Å². The third-order valence-corrected chi connectivity index (χ3v) is 3.57. The smallest absolute Gasteiger partial charge is 0.251 e. The number of ether oxygens (including phenoxy) is 3. The fraction of sp³-hybridized carbons (Fsp3) is 0.500. The molecule has 0 aliphatic carbocycles. The normalized spacial score (nSPS) is 16.7. The van der Waals surface area contributed by atoms with Crippen molar-refractivity contribution in [3.05, 3.63) is 23.8 Å². The van der Waals surface area contributed by atoms with Crippen LogP contribution in [0, 0.1) is 0 Å². The number of methoxy groups -OCH3 is 2. The largest absolute Gasteiger partial charge is 0.497 e. The lowest BCUT2D eigenvalue weighted by atomic mass is 10.2. The molecular weight excluding hydrogens is 300 g/mol. The molecule has 7 heteroatoms. The maximum absolute atomic E-state index is 12.1. The number of hydrogen-bond acceptors (Lipinski definition) is 5. The standard InChI is InChI=1S/C16H22N2O5/c1-21-13-6-11(7-14(8-13)22-2)16(20)18-10-15(19)17-9-12-4-3-5-23-12/h6-8,12H,3-5,9-10H2,1-2H3,(H,17,19)(H,18,20). The SMILES string of the molecule is COc1cc(OC)cc(C(=O)NCC(=O)NCC2CCCO2)c1. The highest BCUT2D eigenvalue weighted by molar-refractivity contribution is 5.97. The van der Waals surface area contributed by atoms with Crippen molar-refractivity contribution in [2.45, 2.75) is 18.9 Å². The summed E-state index contributed by atoms with van der Waals surface area (Å²) < 4.78 is 15.7. The Morgan fingerprint density at radius 2 is 1.87 bits per heavy atom. The van der Waals surface area contributed by atoms with Crippen molar-refractivity contribution >= 4 is 11.8 Å². The minimum absolute atomic E-state index is 0.0808. The van der Waals surface area contributed by atoms with Crippen LogP contribution in [0.15, 0.2) is 18.2 Å². The first kappa shape index (κ1) is 17.1. The van der Waals surface area contributed by atoms with Gasteiger partial charge in [-0.05, 0) is 25.0 Å². The van der Waals surface area contributed by atoms with Crippen molar-refractivity contribution in [3.63, 3.8) is 0 Å². The van der Waals surface area contributed by atoms with Crippen LogP contribution in [0.3, 0.4) is 0 Å². The molecule has 2 N–H and O–H groups in total. The van der Waals surface area contributed by atoms with Crippen molar-refractivity contribution in [2.75, 3.05) is 33.9 Å². The Balaban J connectivity index is 1.82. The Labute approximate surface area is 135 Å². The number of nitrogens with one attached hydrogen (secondary N) is 2. The van der Waals surface area contributed by atoms with Gasteiger partial charge in [0, 0.05) is 24.8 Å². The quantitative estimate of drug-likeness (QED) is 0.773. The molecule has 0 bridgehead atoms. The van der Waals surface area contributed by atoms with Crippen LogP contribution < -0.4 is 20.1 Å². The van der Waals surface area contributed by atoms with Crippen LogP contribution in [0.25, 0.3) is 0 Å². The molecule has 1 aromatic carbocycles. The Bertz CT molecular complexity index is 533. The second kappa shape index (κ2) is 8.38. The molecule has 1 unspecified atom stereocenters. The van der Waals surface area contributed by atoms with Crippen molar-refractivity contribution in [2.24, 2.45) is 0 Å². The lowest BCUT2D eigenvalue weighted by molar-refractivity contribution is -0.120. The molecule has 1 saturated heterocycles. The second-order valence-corrected chi connectivity index (χ2v) is 5.22. The molecule has 1 aliphatic heterocycles. The van der Waals surface area contributed by atoms with Gasteiger partial charge in [0.05, 0.1) is 26.9 Å². The zero-order valence-electron chi connectivity index (χ0n) is 13.4. The summed E-state index contributed by atoms with van der Waals surface area (Å²) in [6.45, 7) is 1.13. The van der Waals surface area contributed by atoms with Gasteiger partial charge in [-0.2, -0.15) is 0 Å². The number of hydrogen-bond donors (Lipinski definition) is 2. The lowest BCUT2D eigenvalue weighted by Gasteiger charge is -2.12. The first-order valence-electron chi connectivity index (χ1n) is 7.52. The fourth-order valence-corrected chi connectivity index (χ4v) is 2.30. The third-order valence-electron chi connectivity index (χ3n) is 3.57. The van der Waals surface area contributed by atoms with Gasteiger partial charge in [0.2, 0.25) is 5.91 Å². The molecule has 0 aromatic heterocycles. The summed E-state index contributed by atoms with van der Waals surface area (Å²) in [5.41, 5.74) is 0.369. The van der Waals surface area contributed by atoms with Gasteiger partial charge in [0.25, 0.3) is 5.91 Å². The van der Waals surface area contributed by atoms with Crippen LogP contribution in [-0.2, 0) is 9.53 Å². The average Bonchev–Trinajstić information content (AvgIpc) is 3.10. The Hall–Kier alpha value is -2.28. The van der Waals surface area contributed by atoms with Gasteiger partial charge in [0.15, 0.2) is 0 Å². The van der Waals surface area contributed by atoms with E-state index in [0.717, 1.165) is 19.4 Å². The lowest BCUT2D eigenvalue weighted by Crippen LogP contribution is -2.39. The number of carbonyl (C=O) groups excluding carboxylic acids is 2. The zero-order chi connectivity index (χ0) is 16.7. The van der Waals surface area contributed by atoms with Gasteiger partial charge < -0.3 is 24.8 Å². The molecule has 0 radical (unpaired) electrons. The fourth-order valence-electron chi connectivity index (χ4n) is 2.30. The number of amides is 2. The summed E-state index contributed by atoms with van der Waals surface area (Å²) in [6.07, 6.45) is 2.06. The van der Waals surface area contributed by atoms with E-state index in [0.29, 0.717) is 23.6 Å². The van der Waals surface area contributed by atoms with E-state index in [2.05, 4.69) is 10.6 Å². The molecule has 7 nitrogen and oxygen atoms in total. The first-order chi connectivity index (χ1) is 11.1. The monoisotopic (exact) mass is 322 g/mol. The molecule has 1 aliphatic rings. The molecule has 2 amide bonds. The van der Waals surface area contributed by atoms with E-state index in [4.69, 9.17) is 14.2 Å². The van der Waals surface area contributed by atoms with Crippen LogP contribution in [0.5, 0.6) is 11.5 Å². The van der Waals surface area contributed by atoms with Crippen LogP contribution in [-0.4, -0.2) is 51.8 Å². The van der Waals surface area contributed by atoms with Gasteiger partial charge >= 0.3 is 0 Å². The van der Waals surface area contributed by atoms with E-state index in [1.165, 1.54) is 14.2 Å². The minimum Gasteiger partial charge on any atom is -0.497 e. The highest BCUT2D eigenvalue weighted by Crippen LogP contribution is 2.22. The zero-order valence-corrected chi connectivity index (χ0v) is 13.4. The molecule has 1 aromatic rings. The third kappa shape index (κ3) is 5.14. The van der Waals surface area contributed by atoms with E-state index in [1.54, 1.807) is 18.2 Å². The minimum atomic E-state index is -0.366. The van der Waals surface area contributed by atoms with Gasteiger partial charge in [-0.15, -0.1) is 0 Å². The van der Waals surface area contributed by atoms with E-state index in [-0.39, 0.29) is 24.5 Å². The van der Waals surface area contributed by atoms with E-state index < -0.39 is 0 Å². The van der Waals surface area contributed by atoms with E-state index >= 15 is 0 Å². The highest BCUT2D eigenvalue weighted by atomic mass is 16.5. The maximum atomic E-state index is 12.1. The molecule has 1 heterocycles. The van der Waals surface area contributed by atoms with Crippen molar-refractivity contribution in [3.8, 4) is 11.5 Å². The van der Waals surface area contributed by atoms with Gasteiger partial charge in [-0.3, -0.25) is 9.59 Å². The van der Waals surface area contributed by atoms with Crippen LogP contribution in [0.1, 0.15) is 23.2 Å². The number of carbonyl (C=O) groups is 2. The Kier molecular flexibility index (Phi) is 6.22. The van der Waals surface area contributed by atoms with Crippen molar-refractivity contribution in [1.82, 2.24) is 10.6 Å². The molecule has 23 heavy (non-hydrogen) atoms. The summed E-state index contributed by atoms with van der Waals surface area (Å²) >= 11 is 0. The summed E-state index contributed by atoms with van der Waals surface area (Å²) in [5.74, 6) is 0.410. The Morgan fingerprint density at radius 1 is 1.17 bits per heavy atom. The average molecular weight is 322 g/mol.